The maximum Gasteiger partial charge on any atom is 0.227 e. The molecule has 1 amide bonds. The second kappa shape index (κ2) is 5.90. The van der Waals surface area contributed by atoms with E-state index in [1.165, 1.54) is 37.7 Å². The van der Waals surface area contributed by atoms with E-state index in [-0.39, 0.29) is 5.92 Å². The Labute approximate surface area is 122 Å². The molecule has 106 valence electrons. The highest BCUT2D eigenvalue weighted by Gasteiger charge is 2.37. The smallest absolute Gasteiger partial charge is 0.227 e. The summed E-state index contributed by atoms with van der Waals surface area (Å²) in [6.45, 7) is 5.04. The fourth-order valence-corrected chi connectivity index (χ4v) is 3.73. The monoisotopic (exact) mass is 270 g/mol. The molecule has 1 saturated heterocycles. The molecule has 1 unspecified atom stereocenters. The highest BCUT2D eigenvalue weighted by atomic mass is 16.2. The van der Waals surface area contributed by atoms with Gasteiger partial charge in [-0.05, 0) is 25.8 Å². The van der Waals surface area contributed by atoms with Gasteiger partial charge in [0.05, 0.1) is 11.5 Å². The van der Waals surface area contributed by atoms with Crippen molar-refractivity contribution < 1.29 is 4.79 Å². The number of carbonyl (C=O) groups is 1. The molecule has 2 nitrogen and oxygen atoms in total. The molecule has 2 fully saturated rings. The van der Waals surface area contributed by atoms with Gasteiger partial charge in [0, 0.05) is 49.2 Å². The van der Waals surface area contributed by atoms with E-state index in [9.17, 15) is 4.79 Å². The van der Waals surface area contributed by atoms with Crippen molar-refractivity contribution in [1.82, 2.24) is 4.90 Å². The van der Waals surface area contributed by atoms with Crippen molar-refractivity contribution in [3.63, 3.8) is 0 Å². The zero-order valence-electron chi connectivity index (χ0n) is 12.2. The van der Waals surface area contributed by atoms with E-state index in [0.29, 0.717) is 11.9 Å². The Morgan fingerprint density at radius 2 is 2.05 bits per heavy atom. The van der Waals surface area contributed by atoms with Gasteiger partial charge in [-0.25, -0.2) is 0 Å². The van der Waals surface area contributed by atoms with Crippen molar-refractivity contribution in [2.24, 2.45) is 5.92 Å². The van der Waals surface area contributed by atoms with Gasteiger partial charge in [0.25, 0.3) is 0 Å². The molecule has 0 aromatic heterocycles. The number of nitrogens with zero attached hydrogens (tertiary/aromatic N) is 1. The lowest BCUT2D eigenvalue weighted by molar-refractivity contribution is -0.133. The Kier molecular flexibility index (Phi) is 4.00. The van der Waals surface area contributed by atoms with Crippen molar-refractivity contribution in [2.75, 3.05) is 6.54 Å². The molecule has 1 heterocycles. The van der Waals surface area contributed by atoms with Crippen molar-refractivity contribution in [2.45, 2.75) is 51.0 Å². The van der Waals surface area contributed by atoms with Crippen LogP contribution in [0.3, 0.4) is 0 Å². The Bertz CT molecular complexity index is 454. The van der Waals surface area contributed by atoms with Crippen LogP contribution in [0.15, 0.2) is 36.0 Å². The molecule has 0 bridgehead atoms. The van der Waals surface area contributed by atoms with Crippen LogP contribution in [0, 0.1) is 12.3 Å². The van der Waals surface area contributed by atoms with E-state index in [1.807, 2.05) is 18.6 Å². The van der Waals surface area contributed by atoms with Crippen LogP contribution in [0.2, 0.25) is 0 Å². The van der Waals surface area contributed by atoms with E-state index in [4.69, 9.17) is 0 Å². The van der Waals surface area contributed by atoms with Crippen LogP contribution in [-0.2, 0) is 4.79 Å². The molecule has 3 aliphatic rings. The Balaban J connectivity index is 1.62. The van der Waals surface area contributed by atoms with Gasteiger partial charge < -0.3 is 4.90 Å². The summed E-state index contributed by atoms with van der Waals surface area (Å²) in [6.07, 6.45) is 16.4. The molecule has 20 heavy (non-hydrogen) atoms. The summed E-state index contributed by atoms with van der Waals surface area (Å²) in [5, 5.41) is 0. The number of hydrogen-bond acceptors (Lipinski definition) is 1. The highest BCUT2D eigenvalue weighted by Crippen LogP contribution is 2.33. The number of likely N-dealkylation sites (tertiary alicyclic amines) is 1. The first-order valence-corrected chi connectivity index (χ1v) is 7.96. The molecule has 0 N–H and O–H groups in total. The normalized spacial score (nSPS) is 27.7. The Morgan fingerprint density at radius 1 is 1.25 bits per heavy atom. The van der Waals surface area contributed by atoms with Crippen LogP contribution in [0.1, 0.15) is 44.9 Å². The van der Waals surface area contributed by atoms with E-state index in [2.05, 4.69) is 17.6 Å². The van der Waals surface area contributed by atoms with Crippen LogP contribution in [-0.4, -0.2) is 23.4 Å². The van der Waals surface area contributed by atoms with Crippen LogP contribution in [0.5, 0.6) is 0 Å². The third kappa shape index (κ3) is 2.70. The first kappa shape index (κ1) is 13.5. The lowest BCUT2D eigenvalue weighted by Crippen LogP contribution is -2.38. The summed E-state index contributed by atoms with van der Waals surface area (Å²) in [5.41, 5.74) is 2.30. The van der Waals surface area contributed by atoms with Crippen LogP contribution in [0.4, 0.5) is 0 Å². The quantitative estimate of drug-likeness (QED) is 0.714. The van der Waals surface area contributed by atoms with E-state index >= 15 is 0 Å². The van der Waals surface area contributed by atoms with Gasteiger partial charge in [-0.2, -0.15) is 0 Å². The average molecular weight is 270 g/mol. The van der Waals surface area contributed by atoms with Gasteiger partial charge in [0.1, 0.15) is 0 Å². The molecule has 0 spiro atoms. The van der Waals surface area contributed by atoms with Crippen LogP contribution < -0.4 is 0 Å². The Hall–Kier alpha value is -1.44. The van der Waals surface area contributed by atoms with Gasteiger partial charge in [0.15, 0.2) is 0 Å². The predicted octanol–water partition coefficient (Wildman–Crippen LogP) is 3.81. The second-order valence-corrected chi connectivity index (χ2v) is 6.28. The van der Waals surface area contributed by atoms with Gasteiger partial charge >= 0.3 is 0 Å². The number of rotatable bonds is 3. The molecule has 0 aromatic carbocycles. The number of allylic oxidation sites excluding steroid dienone is 5. The lowest BCUT2D eigenvalue weighted by Gasteiger charge is -2.31. The molecule has 2 aliphatic carbocycles. The minimum atomic E-state index is 0.180. The predicted molar refractivity (Wildman–Crippen MR) is 82.0 cm³/mol. The maximum atomic E-state index is 12.6. The van der Waals surface area contributed by atoms with Gasteiger partial charge in [-0.3, -0.25) is 4.79 Å². The fourth-order valence-electron chi connectivity index (χ4n) is 3.73. The summed E-state index contributed by atoms with van der Waals surface area (Å²) < 4.78 is 0. The van der Waals surface area contributed by atoms with Crippen LogP contribution in [0.25, 0.3) is 0 Å². The second-order valence-electron chi connectivity index (χ2n) is 6.28. The molecule has 0 aromatic rings. The average Bonchev–Trinajstić information content (AvgIpc) is 2.84. The third-order valence-electron chi connectivity index (χ3n) is 4.95. The van der Waals surface area contributed by atoms with Gasteiger partial charge in [-0.1, -0.05) is 19.3 Å². The molecular weight excluding hydrogens is 246 g/mol. The third-order valence-corrected chi connectivity index (χ3v) is 4.95. The summed E-state index contributed by atoms with van der Waals surface area (Å²) in [4.78, 5) is 14.8. The molecular formula is C18H24NO+. The summed E-state index contributed by atoms with van der Waals surface area (Å²) in [7, 11) is 0. The van der Waals surface area contributed by atoms with Crippen molar-refractivity contribution in [3.05, 3.63) is 42.4 Å². The van der Waals surface area contributed by atoms with E-state index < -0.39 is 0 Å². The fraction of sp³-hybridized carbons (Fsp3) is 0.556. The number of carbonyl (C=O) groups excluding carboxylic acids is 1. The molecule has 1 aliphatic heterocycles. The topological polar surface area (TPSA) is 20.3 Å². The minimum Gasteiger partial charge on any atom is -0.339 e. The van der Waals surface area contributed by atoms with E-state index in [1.54, 1.807) is 0 Å². The number of amides is 1. The van der Waals surface area contributed by atoms with Gasteiger partial charge in [-0.15, -0.1) is 0 Å². The lowest BCUT2D eigenvalue weighted by atomic mass is 9.89. The first-order chi connectivity index (χ1) is 9.75. The van der Waals surface area contributed by atoms with E-state index in [0.717, 1.165) is 25.0 Å². The maximum absolute atomic E-state index is 12.6. The zero-order valence-corrected chi connectivity index (χ0v) is 12.2. The first-order valence-electron chi connectivity index (χ1n) is 7.96. The SMILES string of the molecule is C=C1[CH+]C=CC=C1CC1CCN(C2CCCCC2)C1=O. The zero-order chi connectivity index (χ0) is 13.9. The molecule has 0 radical (unpaired) electrons. The van der Waals surface area contributed by atoms with Gasteiger partial charge in [0.2, 0.25) is 5.91 Å². The molecule has 3 rings (SSSR count). The summed E-state index contributed by atoms with van der Waals surface area (Å²) in [5.74, 6) is 0.569. The van der Waals surface area contributed by atoms with Crippen LogP contribution >= 0.6 is 0 Å². The molecule has 1 atom stereocenters. The largest absolute Gasteiger partial charge is 0.339 e. The molecule has 1 saturated carbocycles. The number of hydrogen-bond donors (Lipinski definition) is 0. The van der Waals surface area contributed by atoms with Crippen molar-refractivity contribution in [1.29, 1.82) is 0 Å². The summed E-state index contributed by atoms with van der Waals surface area (Å²) >= 11 is 0. The Morgan fingerprint density at radius 3 is 2.80 bits per heavy atom. The minimum absolute atomic E-state index is 0.180. The molecule has 2 heteroatoms. The van der Waals surface area contributed by atoms with Crippen molar-refractivity contribution in [3.8, 4) is 0 Å². The summed E-state index contributed by atoms with van der Waals surface area (Å²) in [6, 6.07) is 0.524. The highest BCUT2D eigenvalue weighted by molar-refractivity contribution is 5.81. The van der Waals surface area contributed by atoms with Crippen molar-refractivity contribution >= 4 is 5.91 Å². The standard InChI is InChI=1S/C18H24NO/c1-14-7-5-6-8-15(14)13-16-11-12-19(18(16)20)17-9-3-2-4-10-17/h5-8,16-17H,1-4,9-13H2/q+1.